The number of likely N-dealkylation sites (N-methyl/N-ethyl adjacent to an activating group) is 1. The molecule has 2 rings (SSSR count). The molecule has 0 saturated carbocycles. The van der Waals surface area contributed by atoms with Gasteiger partial charge >= 0.3 is 0 Å². The van der Waals surface area contributed by atoms with Crippen molar-refractivity contribution >= 4 is 16.8 Å². The molecule has 0 atom stereocenters. The maximum absolute atomic E-state index is 12.2. The van der Waals surface area contributed by atoms with E-state index in [0.29, 0.717) is 6.54 Å². The smallest absolute Gasteiger partial charge is 0.254 e. The molecule has 21 heavy (non-hydrogen) atoms. The highest BCUT2D eigenvalue weighted by atomic mass is 127. The van der Waals surface area contributed by atoms with E-state index in [1.54, 1.807) is 0 Å². The second kappa shape index (κ2) is 7.35. The van der Waals surface area contributed by atoms with Gasteiger partial charge in [-0.15, -0.1) is 0 Å². The Morgan fingerprint density at radius 2 is 1.95 bits per heavy atom. The first kappa shape index (κ1) is 18.1. The van der Waals surface area contributed by atoms with Crippen molar-refractivity contribution in [1.29, 1.82) is 0 Å². The van der Waals surface area contributed by atoms with Crippen LogP contribution in [0, 0.1) is 6.92 Å². The summed E-state index contributed by atoms with van der Waals surface area (Å²) in [4.78, 5) is 14.1. The van der Waals surface area contributed by atoms with Crippen LogP contribution in [0.25, 0.3) is 11.0 Å². The lowest BCUT2D eigenvalue weighted by molar-refractivity contribution is -0.674. The Morgan fingerprint density at radius 1 is 1.29 bits per heavy atom. The van der Waals surface area contributed by atoms with E-state index in [9.17, 15) is 4.79 Å². The average molecular weight is 401 g/mol. The Morgan fingerprint density at radius 3 is 2.48 bits per heavy atom. The summed E-state index contributed by atoms with van der Waals surface area (Å²) < 4.78 is 4.56. The Kier molecular flexibility index (Phi) is 6.34. The zero-order valence-corrected chi connectivity index (χ0v) is 15.6. The van der Waals surface area contributed by atoms with Gasteiger partial charge in [0.15, 0.2) is 16.8 Å². The average Bonchev–Trinajstić information content (AvgIpc) is 2.67. The monoisotopic (exact) mass is 401 g/mol. The summed E-state index contributed by atoms with van der Waals surface area (Å²) in [6.45, 7) is 8.73. The zero-order valence-electron chi connectivity index (χ0n) is 13.5. The van der Waals surface area contributed by atoms with Crippen molar-refractivity contribution in [1.82, 2.24) is 9.47 Å². The number of hydrogen-bond acceptors (Lipinski definition) is 2. The minimum Gasteiger partial charge on any atom is -1.00 e. The van der Waals surface area contributed by atoms with Gasteiger partial charge in [0.05, 0.1) is 19.6 Å². The van der Waals surface area contributed by atoms with Crippen LogP contribution in [-0.2, 0) is 13.1 Å². The molecule has 2 aromatic rings. The van der Waals surface area contributed by atoms with Crippen LogP contribution in [0.1, 0.15) is 30.0 Å². The van der Waals surface area contributed by atoms with Crippen LogP contribution in [0.15, 0.2) is 18.2 Å². The van der Waals surface area contributed by atoms with Gasteiger partial charge in [0, 0.05) is 18.6 Å². The first-order valence-electron chi connectivity index (χ1n) is 7.20. The van der Waals surface area contributed by atoms with Crippen LogP contribution >= 0.6 is 0 Å². The number of imidazole rings is 1. The number of aromatic nitrogens is 2. The molecule has 0 N–H and O–H groups in total. The lowest BCUT2D eigenvalue weighted by atomic mass is 10.1. The second-order valence-corrected chi connectivity index (χ2v) is 5.40. The molecule has 116 valence electrons. The predicted octanol–water partition coefficient (Wildman–Crippen LogP) is -0.975. The first-order chi connectivity index (χ1) is 9.49. The van der Waals surface area contributed by atoms with Crippen LogP contribution in [-0.4, -0.2) is 35.9 Å². The summed E-state index contributed by atoms with van der Waals surface area (Å²) in [5.74, 6) is 1.41. The zero-order chi connectivity index (χ0) is 14.9. The van der Waals surface area contributed by atoms with Crippen LogP contribution in [0.4, 0.5) is 0 Å². The molecule has 0 aliphatic carbocycles. The number of rotatable bonds is 5. The molecule has 0 fully saturated rings. The summed E-state index contributed by atoms with van der Waals surface area (Å²) in [5.41, 5.74) is 3.14. The van der Waals surface area contributed by atoms with Crippen molar-refractivity contribution in [3.63, 3.8) is 0 Å². The third kappa shape index (κ3) is 3.45. The van der Waals surface area contributed by atoms with Crippen molar-refractivity contribution < 1.29 is 33.3 Å². The number of halogens is 1. The number of carbonyl (C=O) groups excluding carboxylic acids is 1. The van der Waals surface area contributed by atoms with Gasteiger partial charge in [-0.1, -0.05) is 0 Å². The fourth-order valence-electron chi connectivity index (χ4n) is 2.81. The van der Waals surface area contributed by atoms with Crippen LogP contribution in [0.3, 0.4) is 0 Å². The molecular weight excluding hydrogens is 377 g/mol. The van der Waals surface area contributed by atoms with E-state index in [2.05, 4.69) is 36.0 Å². The molecule has 0 amide bonds. The van der Waals surface area contributed by atoms with E-state index in [-0.39, 0.29) is 29.8 Å². The molecule has 0 spiro atoms. The van der Waals surface area contributed by atoms with E-state index in [4.69, 9.17) is 0 Å². The van der Waals surface area contributed by atoms with Gasteiger partial charge in [-0.05, 0) is 40.1 Å². The lowest BCUT2D eigenvalue weighted by Gasteiger charge is -2.07. The third-order valence-corrected chi connectivity index (χ3v) is 3.75. The number of aryl methyl sites for hydroxylation is 2. The van der Waals surface area contributed by atoms with Gasteiger partial charge in [0.1, 0.15) is 0 Å². The van der Waals surface area contributed by atoms with Gasteiger partial charge in [0.2, 0.25) is 0 Å². The minimum atomic E-state index is 0. The van der Waals surface area contributed by atoms with Crippen molar-refractivity contribution in [3.05, 3.63) is 29.6 Å². The van der Waals surface area contributed by atoms with Crippen molar-refractivity contribution in [2.75, 3.05) is 20.6 Å². The van der Waals surface area contributed by atoms with Crippen LogP contribution < -0.4 is 28.5 Å². The van der Waals surface area contributed by atoms with Gasteiger partial charge in [-0.2, -0.15) is 0 Å². The maximum Gasteiger partial charge on any atom is 0.254 e. The fraction of sp³-hybridized carbons (Fsp3) is 0.500. The van der Waals surface area contributed by atoms with Gasteiger partial charge < -0.3 is 28.9 Å². The number of ketones is 1. The SMILES string of the molecule is CCn1c(C)[n+](CC)c2ccc(C(=O)CN(C)C)cc21.[I-]. The molecule has 5 heteroatoms. The molecule has 1 aromatic carbocycles. The van der Waals surface area contributed by atoms with Gasteiger partial charge in [-0.25, -0.2) is 9.13 Å². The Hall–Kier alpha value is -0.950. The molecule has 0 unspecified atom stereocenters. The Bertz CT molecular complexity index is 646. The van der Waals surface area contributed by atoms with Gasteiger partial charge in [0.25, 0.3) is 5.82 Å². The van der Waals surface area contributed by atoms with E-state index in [1.165, 1.54) is 11.3 Å². The van der Waals surface area contributed by atoms with Crippen molar-refractivity contribution in [2.45, 2.75) is 33.9 Å². The van der Waals surface area contributed by atoms with Crippen molar-refractivity contribution in [3.8, 4) is 0 Å². The normalized spacial score (nSPS) is 11.0. The quantitative estimate of drug-likeness (QED) is 0.367. The third-order valence-electron chi connectivity index (χ3n) is 3.75. The summed E-state index contributed by atoms with van der Waals surface area (Å²) >= 11 is 0. The highest BCUT2D eigenvalue weighted by molar-refractivity contribution is 5.99. The largest absolute Gasteiger partial charge is 1.00 e. The second-order valence-electron chi connectivity index (χ2n) is 5.40. The Balaban J connectivity index is 0.00000220. The standard InChI is InChI=1S/C16H24N3O.HI/c1-6-18-12(3)19(7-2)15-10-13(8-9-14(15)18)16(20)11-17(4)5;/h8-10H,6-7,11H2,1-5H3;1H/q+1;/p-1. The number of hydrogen-bond donors (Lipinski definition) is 0. The molecule has 0 bridgehead atoms. The Labute approximate surface area is 143 Å². The minimum absolute atomic E-state index is 0. The van der Waals surface area contributed by atoms with Crippen LogP contribution in [0.5, 0.6) is 0 Å². The highest BCUT2D eigenvalue weighted by Crippen LogP contribution is 2.17. The summed E-state index contributed by atoms with van der Waals surface area (Å²) in [6.07, 6.45) is 0. The number of Topliss-reactive ketones (excluding diaryl/α,β-unsaturated/α-hetero) is 1. The number of carbonyl (C=O) groups is 1. The molecule has 0 radical (unpaired) electrons. The number of benzene rings is 1. The van der Waals surface area contributed by atoms with E-state index in [1.807, 2.05) is 31.1 Å². The number of nitrogens with zero attached hydrogens (tertiary/aromatic N) is 3. The molecule has 0 saturated heterocycles. The van der Waals surface area contributed by atoms with E-state index in [0.717, 1.165) is 24.2 Å². The number of fused-ring (bicyclic) bond motifs is 1. The van der Waals surface area contributed by atoms with E-state index >= 15 is 0 Å². The summed E-state index contributed by atoms with van der Waals surface area (Å²) in [6, 6.07) is 6.05. The van der Waals surface area contributed by atoms with Crippen molar-refractivity contribution in [2.24, 2.45) is 0 Å². The lowest BCUT2D eigenvalue weighted by Crippen LogP contribution is -3.00. The topological polar surface area (TPSA) is 29.1 Å². The van der Waals surface area contributed by atoms with Crippen LogP contribution in [0.2, 0.25) is 0 Å². The van der Waals surface area contributed by atoms with E-state index < -0.39 is 0 Å². The van der Waals surface area contributed by atoms with Gasteiger partial charge in [-0.3, -0.25) is 4.79 Å². The summed E-state index contributed by atoms with van der Waals surface area (Å²) in [5, 5.41) is 0. The predicted molar refractivity (Wildman–Crippen MR) is 81.1 cm³/mol. The molecule has 4 nitrogen and oxygen atoms in total. The molecule has 0 aliphatic heterocycles. The first-order valence-corrected chi connectivity index (χ1v) is 7.20. The molecular formula is C16H24IN3O. The maximum atomic E-state index is 12.2. The molecule has 0 aliphatic rings. The fourth-order valence-corrected chi connectivity index (χ4v) is 2.81. The molecule has 1 aromatic heterocycles. The molecule has 1 heterocycles. The highest BCUT2D eigenvalue weighted by Gasteiger charge is 2.20. The summed E-state index contributed by atoms with van der Waals surface area (Å²) in [7, 11) is 3.83.